The molecule has 9 aromatic rings. The lowest BCUT2D eigenvalue weighted by atomic mass is 9.99. The highest BCUT2D eigenvalue weighted by Crippen LogP contribution is 2.48. The van der Waals surface area contributed by atoms with Crippen molar-refractivity contribution < 1.29 is 0 Å². The minimum Gasteiger partial charge on any atom is -0.316 e. The summed E-state index contributed by atoms with van der Waals surface area (Å²) in [5.74, 6) is 2.21. The Balaban J connectivity index is 1.34. The highest BCUT2D eigenvalue weighted by molar-refractivity contribution is 6.16. The molecular formula is C46H35N3. The molecule has 0 bridgehead atoms. The SMILES string of the molecule is Cc1cc(N(c2ccccc2)c2cc3ccccc3c3ccccc23)n(C)c1N(c1ccccc1)c1cc2ccccc2c2ccccc12. The van der Waals surface area contributed by atoms with Crippen molar-refractivity contribution in [1.29, 1.82) is 0 Å². The number of aryl methyl sites for hydroxylation is 1. The fourth-order valence-corrected chi connectivity index (χ4v) is 7.63. The van der Waals surface area contributed by atoms with E-state index >= 15 is 0 Å². The first-order chi connectivity index (χ1) is 24.2. The second kappa shape index (κ2) is 11.7. The number of anilines is 6. The maximum atomic E-state index is 2.44. The lowest BCUT2D eigenvalue weighted by Gasteiger charge is -2.31. The summed E-state index contributed by atoms with van der Waals surface area (Å²) in [6.07, 6.45) is 0. The number of nitrogens with zero attached hydrogens (tertiary/aromatic N) is 3. The van der Waals surface area contributed by atoms with Crippen LogP contribution in [0.4, 0.5) is 34.4 Å². The first-order valence-corrected chi connectivity index (χ1v) is 16.8. The van der Waals surface area contributed by atoms with Gasteiger partial charge in [-0.15, -0.1) is 0 Å². The summed E-state index contributed by atoms with van der Waals surface area (Å²) in [4.78, 5) is 4.86. The van der Waals surface area contributed by atoms with Gasteiger partial charge in [-0.3, -0.25) is 9.80 Å². The van der Waals surface area contributed by atoms with Gasteiger partial charge in [-0.05, 0) is 87.3 Å². The van der Waals surface area contributed by atoms with Crippen LogP contribution in [0.3, 0.4) is 0 Å². The van der Waals surface area contributed by atoms with Gasteiger partial charge in [0.2, 0.25) is 0 Å². The lowest BCUT2D eigenvalue weighted by molar-refractivity contribution is 0.899. The van der Waals surface area contributed by atoms with E-state index in [2.05, 4.69) is 204 Å². The molecule has 1 heterocycles. The van der Waals surface area contributed by atoms with E-state index in [1.54, 1.807) is 0 Å². The van der Waals surface area contributed by atoms with Crippen LogP contribution in [0, 0.1) is 6.92 Å². The molecule has 9 rings (SSSR count). The van der Waals surface area contributed by atoms with Gasteiger partial charge in [-0.2, -0.15) is 0 Å². The summed E-state index contributed by atoms with van der Waals surface area (Å²) < 4.78 is 2.36. The highest BCUT2D eigenvalue weighted by atomic mass is 15.3. The molecule has 49 heavy (non-hydrogen) atoms. The molecule has 0 aliphatic carbocycles. The van der Waals surface area contributed by atoms with E-state index < -0.39 is 0 Å². The van der Waals surface area contributed by atoms with E-state index in [-0.39, 0.29) is 0 Å². The number of benzene rings is 8. The first kappa shape index (κ1) is 28.9. The van der Waals surface area contributed by atoms with Crippen LogP contribution in [-0.2, 0) is 7.05 Å². The molecule has 3 heteroatoms. The number of aromatic nitrogens is 1. The molecule has 0 N–H and O–H groups in total. The number of para-hydroxylation sites is 2. The van der Waals surface area contributed by atoms with E-state index in [9.17, 15) is 0 Å². The van der Waals surface area contributed by atoms with Gasteiger partial charge in [0, 0.05) is 29.2 Å². The Morgan fingerprint density at radius 1 is 0.388 bits per heavy atom. The molecule has 0 amide bonds. The maximum absolute atomic E-state index is 2.44. The fourth-order valence-electron chi connectivity index (χ4n) is 7.63. The van der Waals surface area contributed by atoms with Crippen molar-refractivity contribution >= 4 is 77.5 Å². The summed E-state index contributed by atoms with van der Waals surface area (Å²) >= 11 is 0. The third-order valence-electron chi connectivity index (χ3n) is 9.80. The van der Waals surface area contributed by atoms with Gasteiger partial charge in [0.05, 0.1) is 11.4 Å². The smallest absolute Gasteiger partial charge is 0.122 e. The van der Waals surface area contributed by atoms with Crippen molar-refractivity contribution in [3.8, 4) is 0 Å². The predicted molar refractivity (Wildman–Crippen MR) is 210 cm³/mol. The van der Waals surface area contributed by atoms with Crippen molar-refractivity contribution in [3.63, 3.8) is 0 Å². The summed E-state index contributed by atoms with van der Waals surface area (Å²) in [6.45, 7) is 2.24. The van der Waals surface area contributed by atoms with Crippen LogP contribution < -0.4 is 9.80 Å². The molecule has 0 saturated carbocycles. The topological polar surface area (TPSA) is 11.4 Å². The summed E-state index contributed by atoms with van der Waals surface area (Å²) in [6, 6.07) is 63.5. The Kier molecular flexibility index (Phi) is 6.91. The van der Waals surface area contributed by atoms with E-state index in [1.165, 1.54) is 48.7 Å². The van der Waals surface area contributed by atoms with Crippen LogP contribution in [-0.4, -0.2) is 4.57 Å². The molecule has 234 valence electrons. The standard InChI is InChI=1S/C46H35N3/c1-32-29-45(48(35-19-5-3-6-20-35)43-30-33-17-9-11-23-37(33)39-25-13-15-27-41(39)43)47(2)46(32)49(36-21-7-4-8-22-36)44-31-34-18-10-12-24-38(34)40-26-14-16-28-42(40)44/h3-31H,1-2H3. The largest absolute Gasteiger partial charge is 0.316 e. The molecule has 0 aliphatic heterocycles. The molecule has 0 aliphatic rings. The molecule has 0 spiro atoms. The normalized spacial score (nSPS) is 11.5. The van der Waals surface area contributed by atoms with Gasteiger partial charge < -0.3 is 4.57 Å². The van der Waals surface area contributed by atoms with Crippen molar-refractivity contribution in [2.24, 2.45) is 7.05 Å². The van der Waals surface area contributed by atoms with E-state index in [4.69, 9.17) is 0 Å². The van der Waals surface area contributed by atoms with Crippen LogP contribution in [0.25, 0.3) is 43.1 Å². The second-order valence-corrected chi connectivity index (χ2v) is 12.7. The van der Waals surface area contributed by atoms with Crippen LogP contribution >= 0.6 is 0 Å². The van der Waals surface area contributed by atoms with Gasteiger partial charge in [-0.25, -0.2) is 0 Å². The molecular weight excluding hydrogens is 595 g/mol. The number of hydrogen-bond donors (Lipinski definition) is 0. The summed E-state index contributed by atoms with van der Waals surface area (Å²) in [5.41, 5.74) is 5.71. The van der Waals surface area contributed by atoms with Crippen molar-refractivity contribution in [2.45, 2.75) is 6.92 Å². The number of rotatable bonds is 6. The third-order valence-corrected chi connectivity index (χ3v) is 9.80. The van der Waals surface area contributed by atoms with Crippen molar-refractivity contribution in [2.75, 3.05) is 9.80 Å². The highest BCUT2D eigenvalue weighted by Gasteiger charge is 2.26. The minimum atomic E-state index is 1.09. The van der Waals surface area contributed by atoms with Crippen LogP contribution in [0.15, 0.2) is 176 Å². The molecule has 0 unspecified atom stereocenters. The maximum Gasteiger partial charge on any atom is 0.122 e. The summed E-state index contributed by atoms with van der Waals surface area (Å²) in [5, 5.41) is 9.89. The third kappa shape index (κ3) is 4.74. The first-order valence-electron chi connectivity index (χ1n) is 16.8. The molecule has 0 atom stereocenters. The fraction of sp³-hybridized carbons (Fsp3) is 0.0435. The van der Waals surface area contributed by atoms with Gasteiger partial charge in [0.15, 0.2) is 0 Å². The van der Waals surface area contributed by atoms with Gasteiger partial charge in [0.25, 0.3) is 0 Å². The quantitative estimate of drug-likeness (QED) is 0.170. The molecule has 1 aromatic heterocycles. The molecule has 0 radical (unpaired) electrons. The second-order valence-electron chi connectivity index (χ2n) is 12.7. The van der Waals surface area contributed by atoms with Gasteiger partial charge >= 0.3 is 0 Å². The van der Waals surface area contributed by atoms with Crippen molar-refractivity contribution in [1.82, 2.24) is 4.57 Å². The monoisotopic (exact) mass is 629 g/mol. The van der Waals surface area contributed by atoms with Crippen molar-refractivity contribution in [3.05, 3.63) is 181 Å². The Morgan fingerprint density at radius 3 is 1.29 bits per heavy atom. The van der Waals surface area contributed by atoms with E-state index in [0.717, 1.165) is 34.4 Å². The Bertz CT molecular complexity index is 2640. The molecule has 0 fully saturated rings. The van der Waals surface area contributed by atoms with Gasteiger partial charge in [-0.1, -0.05) is 133 Å². The predicted octanol–water partition coefficient (Wildman–Crippen LogP) is 12.9. The van der Waals surface area contributed by atoms with Crippen LogP contribution in [0.2, 0.25) is 0 Å². The zero-order chi connectivity index (χ0) is 32.9. The Hall–Kier alpha value is -6.32. The van der Waals surface area contributed by atoms with E-state index in [1.807, 2.05) is 0 Å². The molecule has 3 nitrogen and oxygen atoms in total. The summed E-state index contributed by atoms with van der Waals surface area (Å²) in [7, 11) is 2.20. The van der Waals surface area contributed by atoms with Crippen LogP contribution in [0.1, 0.15) is 5.56 Å². The zero-order valence-corrected chi connectivity index (χ0v) is 27.6. The average molecular weight is 630 g/mol. The Morgan fingerprint density at radius 2 is 0.776 bits per heavy atom. The lowest BCUT2D eigenvalue weighted by Crippen LogP contribution is -2.18. The number of hydrogen-bond acceptors (Lipinski definition) is 2. The molecule has 8 aromatic carbocycles. The van der Waals surface area contributed by atoms with Crippen LogP contribution in [0.5, 0.6) is 0 Å². The molecule has 0 saturated heterocycles. The van der Waals surface area contributed by atoms with E-state index in [0.29, 0.717) is 0 Å². The number of fused-ring (bicyclic) bond motifs is 6. The average Bonchev–Trinajstić information content (AvgIpc) is 3.45. The van der Waals surface area contributed by atoms with Gasteiger partial charge in [0.1, 0.15) is 11.6 Å². The minimum absolute atomic E-state index is 1.09. The Labute approximate surface area is 286 Å². The zero-order valence-electron chi connectivity index (χ0n) is 27.6.